The van der Waals surface area contributed by atoms with Crippen LogP contribution in [0.4, 0.5) is 0 Å². The highest BCUT2D eigenvalue weighted by molar-refractivity contribution is 5.73. The van der Waals surface area contributed by atoms with E-state index in [-0.39, 0.29) is 11.9 Å². The Hall–Kier alpha value is -2.76. The number of unbranched alkanes of at least 4 members (excludes halogenated alkanes) is 12. The van der Waals surface area contributed by atoms with E-state index in [1.165, 1.54) is 76.6 Å². The van der Waals surface area contributed by atoms with Gasteiger partial charge in [0.1, 0.15) is 5.75 Å². The van der Waals surface area contributed by atoms with Crippen LogP contribution in [0.25, 0.3) is 11.4 Å². The predicted octanol–water partition coefficient (Wildman–Crippen LogP) is 8.24. The van der Waals surface area contributed by atoms with Crippen molar-refractivity contribution in [2.75, 3.05) is 0 Å². The molecule has 0 bridgehead atoms. The number of nitrogens with zero attached hydrogens (tertiary/aromatic N) is 2. The summed E-state index contributed by atoms with van der Waals surface area (Å²) >= 11 is 0. The first-order valence-electron chi connectivity index (χ1n) is 14.0. The van der Waals surface area contributed by atoms with Crippen molar-refractivity contribution in [1.29, 1.82) is 0 Å². The monoisotopic (exact) mass is 496 g/mol. The summed E-state index contributed by atoms with van der Waals surface area (Å²) in [6.45, 7) is 4.42. The van der Waals surface area contributed by atoms with Gasteiger partial charge >= 0.3 is 11.9 Å². The molecule has 1 heterocycles. The molecule has 0 fully saturated rings. The molecule has 0 saturated heterocycles. The lowest BCUT2D eigenvalue weighted by Gasteiger charge is -2.07. The van der Waals surface area contributed by atoms with Crippen LogP contribution in [0.15, 0.2) is 36.7 Å². The van der Waals surface area contributed by atoms with E-state index in [0.717, 1.165) is 31.2 Å². The van der Waals surface area contributed by atoms with Crippen molar-refractivity contribution >= 4 is 11.9 Å². The maximum atomic E-state index is 12.1. The van der Waals surface area contributed by atoms with Gasteiger partial charge < -0.3 is 9.47 Å². The third-order valence-electron chi connectivity index (χ3n) is 6.17. The van der Waals surface area contributed by atoms with Crippen LogP contribution >= 0.6 is 0 Å². The summed E-state index contributed by atoms with van der Waals surface area (Å²) in [6, 6.07) is 7.13. The molecule has 1 aromatic heterocycles. The largest absolute Gasteiger partial charge is 0.427 e. The fourth-order valence-electron chi connectivity index (χ4n) is 4.01. The van der Waals surface area contributed by atoms with Gasteiger partial charge in [-0.3, -0.25) is 9.59 Å². The van der Waals surface area contributed by atoms with Crippen molar-refractivity contribution in [3.05, 3.63) is 36.7 Å². The summed E-state index contributed by atoms with van der Waals surface area (Å²) in [5.74, 6) is 0.936. The van der Waals surface area contributed by atoms with Crippen LogP contribution in [-0.4, -0.2) is 21.9 Å². The van der Waals surface area contributed by atoms with Crippen molar-refractivity contribution < 1.29 is 19.1 Å². The first kappa shape index (κ1) is 29.5. The quantitative estimate of drug-likeness (QED) is 0.111. The number of aromatic nitrogens is 2. The predicted molar refractivity (Wildman–Crippen MR) is 144 cm³/mol. The maximum Gasteiger partial charge on any atom is 0.311 e. The molecule has 6 heteroatoms. The molecular weight excluding hydrogens is 452 g/mol. The van der Waals surface area contributed by atoms with E-state index >= 15 is 0 Å². The average molecular weight is 497 g/mol. The van der Waals surface area contributed by atoms with Crippen molar-refractivity contribution in [2.45, 2.75) is 117 Å². The smallest absolute Gasteiger partial charge is 0.311 e. The second-order valence-electron chi connectivity index (χ2n) is 9.46. The molecule has 1 aromatic carbocycles. The number of ether oxygens (including phenoxy) is 2. The second-order valence-corrected chi connectivity index (χ2v) is 9.46. The minimum Gasteiger partial charge on any atom is -0.427 e. The van der Waals surface area contributed by atoms with Crippen LogP contribution in [0.1, 0.15) is 117 Å². The molecule has 0 atom stereocenters. The van der Waals surface area contributed by atoms with Gasteiger partial charge in [0.05, 0.1) is 12.4 Å². The van der Waals surface area contributed by atoms with Crippen molar-refractivity contribution in [3.8, 4) is 22.9 Å². The van der Waals surface area contributed by atoms with E-state index in [1.54, 1.807) is 12.1 Å². The van der Waals surface area contributed by atoms with Gasteiger partial charge in [-0.15, -0.1) is 0 Å². The Morgan fingerprint density at radius 1 is 0.583 bits per heavy atom. The van der Waals surface area contributed by atoms with E-state index < -0.39 is 0 Å². The van der Waals surface area contributed by atoms with Crippen LogP contribution in [0.5, 0.6) is 11.5 Å². The molecule has 0 radical (unpaired) electrons. The molecule has 0 amide bonds. The van der Waals surface area contributed by atoms with Gasteiger partial charge in [0.15, 0.2) is 11.6 Å². The van der Waals surface area contributed by atoms with E-state index in [0.29, 0.717) is 30.2 Å². The molecule has 0 aliphatic carbocycles. The molecule has 6 nitrogen and oxygen atoms in total. The lowest BCUT2D eigenvalue weighted by molar-refractivity contribution is -0.135. The standard InChI is InChI=1S/C30H44N2O4/c1-3-5-7-9-11-13-15-17-28(33)35-26-21-19-25(20-22-26)30-31-23-27(24-32-30)36-29(34)18-16-14-12-10-8-6-4-2/h19-24H,3-18H2,1-2H3. The molecule has 0 unspecified atom stereocenters. The molecule has 0 N–H and O–H groups in total. The number of hydrogen-bond acceptors (Lipinski definition) is 6. The molecular formula is C30H44N2O4. The number of rotatable bonds is 19. The Kier molecular flexibility index (Phi) is 15.1. The summed E-state index contributed by atoms with van der Waals surface area (Å²) in [4.78, 5) is 32.7. The van der Waals surface area contributed by atoms with Crippen molar-refractivity contribution in [3.63, 3.8) is 0 Å². The molecule has 36 heavy (non-hydrogen) atoms. The normalized spacial score (nSPS) is 10.8. The van der Waals surface area contributed by atoms with Crippen LogP contribution in [0.2, 0.25) is 0 Å². The zero-order valence-corrected chi connectivity index (χ0v) is 22.3. The van der Waals surface area contributed by atoms with Crippen LogP contribution in [-0.2, 0) is 9.59 Å². The highest BCUT2D eigenvalue weighted by Gasteiger charge is 2.09. The Balaban J connectivity index is 1.67. The highest BCUT2D eigenvalue weighted by atomic mass is 16.5. The SMILES string of the molecule is CCCCCCCCCC(=O)Oc1ccc(-c2ncc(OC(=O)CCCCCCCCC)cn2)cc1. The van der Waals surface area contributed by atoms with Crippen LogP contribution < -0.4 is 9.47 Å². The van der Waals surface area contributed by atoms with Gasteiger partial charge in [-0.2, -0.15) is 0 Å². The average Bonchev–Trinajstić information content (AvgIpc) is 2.88. The summed E-state index contributed by atoms with van der Waals surface area (Å²) in [7, 11) is 0. The van der Waals surface area contributed by atoms with Gasteiger partial charge in [0.25, 0.3) is 0 Å². The molecule has 0 spiro atoms. The lowest BCUT2D eigenvalue weighted by atomic mass is 10.1. The highest BCUT2D eigenvalue weighted by Crippen LogP contribution is 2.21. The topological polar surface area (TPSA) is 78.4 Å². The first-order valence-corrected chi connectivity index (χ1v) is 14.0. The number of carbonyl (C=O) groups excluding carboxylic acids is 2. The fraction of sp³-hybridized carbons (Fsp3) is 0.600. The Morgan fingerprint density at radius 3 is 1.47 bits per heavy atom. The zero-order valence-electron chi connectivity index (χ0n) is 22.3. The molecule has 0 saturated carbocycles. The van der Waals surface area contributed by atoms with Gasteiger partial charge in [0, 0.05) is 18.4 Å². The number of benzene rings is 1. The minimum atomic E-state index is -0.248. The van der Waals surface area contributed by atoms with E-state index in [4.69, 9.17) is 9.47 Å². The molecule has 198 valence electrons. The Morgan fingerprint density at radius 2 is 1.00 bits per heavy atom. The number of hydrogen-bond donors (Lipinski definition) is 0. The van der Waals surface area contributed by atoms with Crippen LogP contribution in [0.3, 0.4) is 0 Å². The summed E-state index contributed by atoms with van der Waals surface area (Å²) in [6.07, 6.45) is 20.2. The first-order chi connectivity index (χ1) is 17.6. The molecule has 2 rings (SSSR count). The minimum absolute atomic E-state index is 0.199. The molecule has 0 aliphatic rings. The summed E-state index contributed by atoms with van der Waals surface area (Å²) in [5, 5.41) is 0. The van der Waals surface area contributed by atoms with Gasteiger partial charge in [-0.25, -0.2) is 9.97 Å². The van der Waals surface area contributed by atoms with Gasteiger partial charge in [0.2, 0.25) is 0 Å². The van der Waals surface area contributed by atoms with E-state index in [2.05, 4.69) is 23.8 Å². The molecule has 0 aliphatic heterocycles. The van der Waals surface area contributed by atoms with Crippen molar-refractivity contribution in [2.24, 2.45) is 0 Å². The fourth-order valence-corrected chi connectivity index (χ4v) is 4.01. The van der Waals surface area contributed by atoms with E-state index in [1.807, 2.05) is 12.1 Å². The third-order valence-corrected chi connectivity index (χ3v) is 6.17. The Bertz CT molecular complexity index is 792. The molecule has 2 aromatic rings. The Labute approximate surface area is 217 Å². The third kappa shape index (κ3) is 12.8. The van der Waals surface area contributed by atoms with Gasteiger partial charge in [-0.05, 0) is 37.1 Å². The second kappa shape index (κ2) is 18.5. The number of carbonyl (C=O) groups is 2. The maximum absolute atomic E-state index is 12.1. The zero-order chi connectivity index (χ0) is 25.8. The van der Waals surface area contributed by atoms with Gasteiger partial charge in [-0.1, -0.05) is 90.9 Å². The summed E-state index contributed by atoms with van der Waals surface area (Å²) in [5.41, 5.74) is 0.794. The van der Waals surface area contributed by atoms with Crippen molar-refractivity contribution in [1.82, 2.24) is 9.97 Å². The number of esters is 2. The van der Waals surface area contributed by atoms with Crippen LogP contribution in [0, 0.1) is 0 Å². The van der Waals surface area contributed by atoms with E-state index in [9.17, 15) is 9.59 Å². The summed E-state index contributed by atoms with van der Waals surface area (Å²) < 4.78 is 10.8. The lowest BCUT2D eigenvalue weighted by Crippen LogP contribution is -2.08.